The van der Waals surface area contributed by atoms with Crippen molar-refractivity contribution in [1.29, 1.82) is 0 Å². The zero-order valence-electron chi connectivity index (χ0n) is 14.0. The van der Waals surface area contributed by atoms with E-state index in [4.69, 9.17) is 5.73 Å². The molecule has 1 fully saturated rings. The minimum atomic E-state index is 0.0609. The van der Waals surface area contributed by atoms with Crippen LogP contribution in [0.1, 0.15) is 35.0 Å². The summed E-state index contributed by atoms with van der Waals surface area (Å²) in [6.45, 7) is 7.47. The molecule has 2 N–H and O–H groups in total. The van der Waals surface area contributed by atoms with E-state index in [0.717, 1.165) is 29.9 Å². The van der Waals surface area contributed by atoms with Gasteiger partial charge in [0.05, 0.1) is 23.1 Å². The number of para-hydroxylation sites is 1. The first-order valence-electron chi connectivity index (χ1n) is 8.14. The lowest BCUT2D eigenvalue weighted by Gasteiger charge is -2.21. The Morgan fingerprint density at radius 1 is 1.35 bits per heavy atom. The van der Waals surface area contributed by atoms with Crippen molar-refractivity contribution in [3.63, 3.8) is 0 Å². The van der Waals surface area contributed by atoms with Crippen LogP contribution in [0.5, 0.6) is 0 Å². The predicted octanol–water partition coefficient (Wildman–Crippen LogP) is 2.30. The Balaban J connectivity index is 1.91. The topological polar surface area (TPSA) is 64.2 Å². The Labute approximate surface area is 137 Å². The summed E-state index contributed by atoms with van der Waals surface area (Å²) in [6.07, 6.45) is 2.67. The summed E-state index contributed by atoms with van der Waals surface area (Å²) in [4.78, 5) is 14.8. The molecule has 1 aliphatic rings. The molecule has 1 saturated heterocycles. The molecule has 122 valence electrons. The van der Waals surface area contributed by atoms with Crippen LogP contribution < -0.4 is 5.73 Å². The Kier molecular flexibility index (Phi) is 4.22. The van der Waals surface area contributed by atoms with Gasteiger partial charge >= 0.3 is 0 Å². The molecule has 0 radical (unpaired) electrons. The lowest BCUT2D eigenvalue weighted by atomic mass is 10.1. The molecule has 0 saturated carbocycles. The highest BCUT2D eigenvalue weighted by molar-refractivity contribution is 5.95. The summed E-state index contributed by atoms with van der Waals surface area (Å²) < 4.78 is 1.85. The van der Waals surface area contributed by atoms with Crippen molar-refractivity contribution in [1.82, 2.24) is 14.7 Å². The van der Waals surface area contributed by atoms with E-state index in [9.17, 15) is 4.79 Å². The lowest BCUT2D eigenvalue weighted by molar-refractivity contribution is 0.0742. The molecule has 1 amide bonds. The molecule has 0 aliphatic carbocycles. The Morgan fingerprint density at radius 2 is 2.09 bits per heavy atom. The summed E-state index contributed by atoms with van der Waals surface area (Å²) in [5.74, 6) is 0.464. The zero-order valence-corrected chi connectivity index (χ0v) is 14.0. The van der Waals surface area contributed by atoms with Gasteiger partial charge in [-0.3, -0.25) is 4.79 Å². The summed E-state index contributed by atoms with van der Waals surface area (Å²) in [7, 11) is 0. The molecule has 3 rings (SSSR count). The molecule has 1 aliphatic heterocycles. The largest absolute Gasteiger partial charge is 0.335 e. The second kappa shape index (κ2) is 6.16. The van der Waals surface area contributed by atoms with Crippen LogP contribution in [-0.4, -0.2) is 39.7 Å². The van der Waals surface area contributed by atoms with E-state index in [1.165, 1.54) is 0 Å². The molecule has 2 unspecified atom stereocenters. The number of carbonyl (C=O) groups is 1. The van der Waals surface area contributed by atoms with Gasteiger partial charge in [-0.15, -0.1) is 0 Å². The number of hydrogen-bond donors (Lipinski definition) is 1. The standard InChI is InChI=1S/C18H24N4O/c1-12-6-4-5-7-17(12)22-14(3)16(10-20-22)18(23)21-11-15(9-19)8-13(21)2/h4-7,10,13,15H,8-9,11,19H2,1-3H3. The monoisotopic (exact) mass is 312 g/mol. The number of rotatable bonds is 3. The van der Waals surface area contributed by atoms with E-state index in [1.54, 1.807) is 6.20 Å². The Hall–Kier alpha value is -2.14. The highest BCUT2D eigenvalue weighted by atomic mass is 16.2. The van der Waals surface area contributed by atoms with E-state index >= 15 is 0 Å². The third kappa shape index (κ3) is 2.77. The first-order valence-corrected chi connectivity index (χ1v) is 8.14. The fourth-order valence-electron chi connectivity index (χ4n) is 3.41. The SMILES string of the molecule is Cc1ccccc1-n1ncc(C(=O)N2CC(CN)CC2C)c1C. The van der Waals surface area contributed by atoms with Gasteiger partial charge in [0, 0.05) is 12.6 Å². The average Bonchev–Trinajstić information content (AvgIpc) is 3.10. The number of nitrogens with two attached hydrogens (primary N) is 1. The number of hydrogen-bond acceptors (Lipinski definition) is 3. The number of nitrogens with zero attached hydrogens (tertiary/aromatic N) is 3. The Morgan fingerprint density at radius 3 is 2.74 bits per heavy atom. The van der Waals surface area contributed by atoms with Gasteiger partial charge in [0.15, 0.2) is 0 Å². The molecular formula is C18H24N4O. The first kappa shape index (κ1) is 15.7. The molecule has 2 atom stereocenters. The maximum atomic E-state index is 12.9. The smallest absolute Gasteiger partial charge is 0.257 e. The third-order valence-corrected chi connectivity index (χ3v) is 4.84. The Bertz CT molecular complexity index is 722. The van der Waals surface area contributed by atoms with E-state index < -0.39 is 0 Å². The minimum absolute atomic E-state index is 0.0609. The first-order chi connectivity index (χ1) is 11.0. The quantitative estimate of drug-likeness (QED) is 0.946. The van der Waals surface area contributed by atoms with Crippen LogP contribution in [0.4, 0.5) is 0 Å². The second-order valence-electron chi connectivity index (χ2n) is 6.49. The molecule has 0 bridgehead atoms. The van der Waals surface area contributed by atoms with Crippen molar-refractivity contribution in [3.05, 3.63) is 47.3 Å². The van der Waals surface area contributed by atoms with Crippen molar-refractivity contribution < 1.29 is 4.79 Å². The zero-order chi connectivity index (χ0) is 16.6. The fourth-order valence-corrected chi connectivity index (χ4v) is 3.41. The van der Waals surface area contributed by atoms with E-state index in [0.29, 0.717) is 18.0 Å². The van der Waals surface area contributed by atoms with Crippen molar-refractivity contribution in [2.24, 2.45) is 11.7 Å². The van der Waals surface area contributed by atoms with Crippen LogP contribution in [0.15, 0.2) is 30.5 Å². The van der Waals surface area contributed by atoms with Gasteiger partial charge in [0.25, 0.3) is 5.91 Å². The molecule has 2 aromatic rings. The van der Waals surface area contributed by atoms with Gasteiger partial charge in [0.1, 0.15) is 0 Å². The average molecular weight is 312 g/mol. The lowest BCUT2D eigenvalue weighted by Crippen LogP contribution is -2.34. The number of aromatic nitrogens is 2. The molecule has 1 aromatic carbocycles. The fraction of sp³-hybridized carbons (Fsp3) is 0.444. The van der Waals surface area contributed by atoms with Crippen LogP contribution in [-0.2, 0) is 0 Å². The van der Waals surface area contributed by atoms with Gasteiger partial charge in [-0.05, 0) is 51.3 Å². The van der Waals surface area contributed by atoms with Crippen molar-refractivity contribution in [3.8, 4) is 5.69 Å². The number of benzene rings is 1. The summed E-state index contributed by atoms with van der Waals surface area (Å²) >= 11 is 0. The van der Waals surface area contributed by atoms with Gasteiger partial charge in [-0.2, -0.15) is 5.10 Å². The molecule has 23 heavy (non-hydrogen) atoms. The molecule has 1 aromatic heterocycles. The summed E-state index contributed by atoms with van der Waals surface area (Å²) in [5.41, 5.74) is 9.48. The molecular weight excluding hydrogens is 288 g/mol. The van der Waals surface area contributed by atoms with Crippen molar-refractivity contribution >= 4 is 5.91 Å². The van der Waals surface area contributed by atoms with Crippen LogP contribution in [0.2, 0.25) is 0 Å². The molecule has 0 spiro atoms. The third-order valence-electron chi connectivity index (χ3n) is 4.84. The molecule has 5 heteroatoms. The van der Waals surface area contributed by atoms with Crippen LogP contribution >= 0.6 is 0 Å². The van der Waals surface area contributed by atoms with Crippen LogP contribution in [0.3, 0.4) is 0 Å². The highest BCUT2D eigenvalue weighted by Gasteiger charge is 2.33. The van der Waals surface area contributed by atoms with Crippen molar-refractivity contribution in [2.75, 3.05) is 13.1 Å². The van der Waals surface area contributed by atoms with Gasteiger partial charge in [0.2, 0.25) is 0 Å². The minimum Gasteiger partial charge on any atom is -0.335 e. The maximum Gasteiger partial charge on any atom is 0.257 e. The van der Waals surface area contributed by atoms with Crippen LogP contribution in [0.25, 0.3) is 5.69 Å². The molecule has 5 nitrogen and oxygen atoms in total. The van der Waals surface area contributed by atoms with E-state index in [2.05, 4.69) is 12.0 Å². The van der Waals surface area contributed by atoms with Gasteiger partial charge in [-0.1, -0.05) is 18.2 Å². The predicted molar refractivity (Wildman–Crippen MR) is 90.7 cm³/mol. The number of likely N-dealkylation sites (tertiary alicyclic amines) is 1. The van der Waals surface area contributed by atoms with Crippen molar-refractivity contribution in [2.45, 2.75) is 33.2 Å². The number of amides is 1. The van der Waals surface area contributed by atoms with E-state index in [-0.39, 0.29) is 11.9 Å². The normalized spacial score (nSPS) is 21.0. The maximum absolute atomic E-state index is 12.9. The van der Waals surface area contributed by atoms with Gasteiger partial charge in [-0.25, -0.2) is 4.68 Å². The number of aryl methyl sites for hydroxylation is 1. The molecule has 2 heterocycles. The number of carbonyl (C=O) groups excluding carboxylic acids is 1. The summed E-state index contributed by atoms with van der Waals surface area (Å²) in [6, 6.07) is 8.29. The van der Waals surface area contributed by atoms with Crippen LogP contribution in [0, 0.1) is 19.8 Å². The van der Waals surface area contributed by atoms with Gasteiger partial charge < -0.3 is 10.6 Å². The summed E-state index contributed by atoms with van der Waals surface area (Å²) in [5, 5.41) is 4.45. The van der Waals surface area contributed by atoms with E-state index in [1.807, 2.05) is 47.7 Å². The highest BCUT2D eigenvalue weighted by Crippen LogP contribution is 2.26. The second-order valence-corrected chi connectivity index (χ2v) is 6.49.